The Labute approximate surface area is 90.1 Å². The van der Waals surface area contributed by atoms with Gasteiger partial charge in [-0.2, -0.15) is 4.68 Å². The number of fused-ring (bicyclic) bond motifs is 1. The average molecular weight is 219 g/mol. The minimum atomic E-state index is -1.12. The summed E-state index contributed by atoms with van der Waals surface area (Å²) in [6.07, 6.45) is 0. The van der Waals surface area contributed by atoms with Gasteiger partial charge in [0, 0.05) is 0 Å². The minimum absolute atomic E-state index is 0.377. The fourth-order valence-corrected chi connectivity index (χ4v) is 1.42. The summed E-state index contributed by atoms with van der Waals surface area (Å²) in [4.78, 5) is 22.3. The zero-order valence-electron chi connectivity index (χ0n) is 8.54. The normalized spacial score (nSPS) is 10.6. The smallest absolute Gasteiger partial charge is 0.325 e. The lowest BCUT2D eigenvalue weighted by Gasteiger charge is -2.01. The molecule has 1 aromatic carbocycles. The molecule has 1 aromatic heterocycles. The number of carboxylic acid groups (broad SMARTS) is 1. The van der Waals surface area contributed by atoms with E-state index in [4.69, 9.17) is 5.11 Å². The highest BCUT2D eigenvalue weighted by atomic mass is 16.4. The predicted octanol–water partition coefficient (Wildman–Crippen LogP) is 0.185. The van der Waals surface area contributed by atoms with Crippen LogP contribution in [0.5, 0.6) is 0 Å². The van der Waals surface area contributed by atoms with Crippen LogP contribution in [0.15, 0.2) is 23.0 Å². The van der Waals surface area contributed by atoms with Gasteiger partial charge in [-0.15, -0.1) is 5.10 Å². The SMILES string of the molecule is Cc1ccc2c(=O)n(CC(=O)O)nnc2c1. The van der Waals surface area contributed by atoms with Crippen molar-refractivity contribution in [2.45, 2.75) is 13.5 Å². The van der Waals surface area contributed by atoms with Gasteiger partial charge in [-0.05, 0) is 24.6 Å². The van der Waals surface area contributed by atoms with Gasteiger partial charge in [0.25, 0.3) is 5.56 Å². The topological polar surface area (TPSA) is 85.1 Å². The van der Waals surface area contributed by atoms with Crippen LogP contribution in [-0.4, -0.2) is 26.1 Å². The van der Waals surface area contributed by atoms with Gasteiger partial charge in [-0.3, -0.25) is 9.59 Å². The first kappa shape index (κ1) is 10.3. The zero-order chi connectivity index (χ0) is 11.7. The number of nitrogens with zero attached hydrogens (tertiary/aromatic N) is 3. The first-order chi connectivity index (χ1) is 7.58. The molecule has 0 unspecified atom stereocenters. The van der Waals surface area contributed by atoms with Crippen molar-refractivity contribution in [2.24, 2.45) is 0 Å². The number of carbonyl (C=O) groups is 1. The Balaban J connectivity index is 2.66. The van der Waals surface area contributed by atoms with E-state index >= 15 is 0 Å². The Morgan fingerprint density at radius 2 is 2.25 bits per heavy atom. The van der Waals surface area contributed by atoms with Crippen molar-refractivity contribution in [1.82, 2.24) is 15.0 Å². The molecular weight excluding hydrogens is 210 g/mol. The van der Waals surface area contributed by atoms with Crippen LogP contribution >= 0.6 is 0 Å². The molecule has 0 radical (unpaired) electrons. The number of aliphatic carboxylic acids is 1. The van der Waals surface area contributed by atoms with E-state index in [1.807, 2.05) is 6.92 Å². The second kappa shape index (κ2) is 3.73. The van der Waals surface area contributed by atoms with E-state index < -0.39 is 18.1 Å². The number of rotatable bonds is 2. The van der Waals surface area contributed by atoms with Crippen molar-refractivity contribution in [3.05, 3.63) is 34.1 Å². The Bertz CT molecular complexity index is 618. The van der Waals surface area contributed by atoms with Gasteiger partial charge in [0.15, 0.2) is 0 Å². The third-order valence-corrected chi connectivity index (χ3v) is 2.16. The van der Waals surface area contributed by atoms with Crippen LogP contribution in [0, 0.1) is 6.92 Å². The van der Waals surface area contributed by atoms with Gasteiger partial charge in [0.05, 0.1) is 5.39 Å². The van der Waals surface area contributed by atoms with Crippen molar-refractivity contribution in [1.29, 1.82) is 0 Å². The van der Waals surface area contributed by atoms with Crippen LogP contribution < -0.4 is 5.56 Å². The van der Waals surface area contributed by atoms with Crippen molar-refractivity contribution < 1.29 is 9.90 Å². The lowest BCUT2D eigenvalue weighted by molar-refractivity contribution is -0.138. The summed E-state index contributed by atoms with van der Waals surface area (Å²) < 4.78 is 0.833. The summed E-state index contributed by atoms with van der Waals surface area (Å²) in [7, 11) is 0. The maximum Gasteiger partial charge on any atom is 0.325 e. The quantitative estimate of drug-likeness (QED) is 0.779. The van der Waals surface area contributed by atoms with Gasteiger partial charge in [-0.1, -0.05) is 11.3 Å². The van der Waals surface area contributed by atoms with Gasteiger partial charge >= 0.3 is 5.97 Å². The number of benzene rings is 1. The molecule has 0 aliphatic carbocycles. The monoisotopic (exact) mass is 219 g/mol. The third-order valence-electron chi connectivity index (χ3n) is 2.16. The lowest BCUT2D eigenvalue weighted by atomic mass is 10.2. The summed E-state index contributed by atoms with van der Waals surface area (Å²) in [5, 5.41) is 16.3. The second-order valence-corrected chi connectivity index (χ2v) is 3.47. The Hall–Kier alpha value is -2.24. The molecule has 2 rings (SSSR count). The largest absolute Gasteiger partial charge is 0.480 e. The zero-order valence-corrected chi connectivity index (χ0v) is 8.54. The standard InChI is InChI=1S/C10H9N3O3/c1-6-2-3-7-8(4-6)11-12-13(10(7)16)5-9(14)15/h2-4H,5H2,1H3,(H,14,15). The van der Waals surface area contributed by atoms with Gasteiger partial charge in [0.1, 0.15) is 12.1 Å². The second-order valence-electron chi connectivity index (χ2n) is 3.47. The minimum Gasteiger partial charge on any atom is -0.480 e. The number of hydrogen-bond acceptors (Lipinski definition) is 4. The molecule has 6 heteroatoms. The number of aryl methyl sites for hydroxylation is 1. The highest BCUT2D eigenvalue weighted by Gasteiger charge is 2.08. The molecule has 0 aliphatic heterocycles. The number of hydrogen-bond donors (Lipinski definition) is 1. The van der Waals surface area contributed by atoms with Gasteiger partial charge in [-0.25, -0.2) is 0 Å². The molecule has 0 bridgehead atoms. The molecule has 2 aromatic rings. The fraction of sp³-hybridized carbons (Fsp3) is 0.200. The van der Waals surface area contributed by atoms with Crippen molar-refractivity contribution in [2.75, 3.05) is 0 Å². The van der Waals surface area contributed by atoms with Crippen LogP contribution in [0.3, 0.4) is 0 Å². The molecule has 0 spiro atoms. The first-order valence-electron chi connectivity index (χ1n) is 4.64. The van der Waals surface area contributed by atoms with Crippen LogP contribution in [-0.2, 0) is 11.3 Å². The van der Waals surface area contributed by atoms with E-state index in [9.17, 15) is 9.59 Å². The molecule has 1 heterocycles. The number of carboxylic acids is 1. The molecular formula is C10H9N3O3. The van der Waals surface area contributed by atoms with E-state index in [0.29, 0.717) is 10.9 Å². The van der Waals surface area contributed by atoms with E-state index in [-0.39, 0.29) is 0 Å². The van der Waals surface area contributed by atoms with E-state index in [0.717, 1.165) is 10.2 Å². The van der Waals surface area contributed by atoms with Crippen LogP contribution in [0.2, 0.25) is 0 Å². The van der Waals surface area contributed by atoms with Crippen LogP contribution in [0.1, 0.15) is 5.56 Å². The molecule has 0 aliphatic rings. The molecule has 82 valence electrons. The van der Waals surface area contributed by atoms with Crippen LogP contribution in [0.4, 0.5) is 0 Å². The molecule has 6 nitrogen and oxygen atoms in total. The summed E-state index contributed by atoms with van der Waals surface area (Å²) in [5.74, 6) is -1.12. The van der Waals surface area contributed by atoms with Crippen LogP contribution in [0.25, 0.3) is 10.9 Å². The van der Waals surface area contributed by atoms with Gasteiger partial charge < -0.3 is 5.11 Å². The molecule has 0 fully saturated rings. The molecule has 0 amide bonds. The summed E-state index contributed by atoms with van der Waals surface area (Å²) in [5.41, 5.74) is 1.01. The average Bonchev–Trinajstić information content (AvgIpc) is 2.22. The fourth-order valence-electron chi connectivity index (χ4n) is 1.42. The highest BCUT2D eigenvalue weighted by molar-refractivity contribution is 5.77. The maximum atomic E-state index is 11.8. The van der Waals surface area contributed by atoms with Crippen molar-refractivity contribution in [3.8, 4) is 0 Å². The summed E-state index contributed by atoms with van der Waals surface area (Å²) in [6, 6.07) is 5.13. The number of aromatic nitrogens is 3. The van der Waals surface area contributed by atoms with Gasteiger partial charge in [0.2, 0.25) is 0 Å². The first-order valence-corrected chi connectivity index (χ1v) is 4.64. The molecule has 0 saturated carbocycles. The van der Waals surface area contributed by atoms with Crippen molar-refractivity contribution >= 4 is 16.9 Å². The lowest BCUT2D eigenvalue weighted by Crippen LogP contribution is -2.27. The third kappa shape index (κ3) is 1.77. The Kier molecular flexibility index (Phi) is 2.40. The molecule has 1 N–H and O–H groups in total. The predicted molar refractivity (Wildman–Crippen MR) is 56.2 cm³/mol. The van der Waals surface area contributed by atoms with E-state index in [1.54, 1.807) is 18.2 Å². The Morgan fingerprint density at radius 1 is 1.50 bits per heavy atom. The molecule has 0 saturated heterocycles. The Morgan fingerprint density at radius 3 is 2.94 bits per heavy atom. The maximum absolute atomic E-state index is 11.8. The summed E-state index contributed by atoms with van der Waals surface area (Å²) in [6.45, 7) is 1.40. The van der Waals surface area contributed by atoms with E-state index in [2.05, 4.69) is 10.3 Å². The molecule has 0 atom stereocenters. The van der Waals surface area contributed by atoms with Crippen molar-refractivity contribution in [3.63, 3.8) is 0 Å². The molecule has 16 heavy (non-hydrogen) atoms. The summed E-state index contributed by atoms with van der Waals surface area (Å²) >= 11 is 0. The highest BCUT2D eigenvalue weighted by Crippen LogP contribution is 2.07. The van der Waals surface area contributed by atoms with E-state index in [1.165, 1.54) is 0 Å².